The van der Waals surface area contributed by atoms with Gasteiger partial charge in [0.2, 0.25) is 5.91 Å². The van der Waals surface area contributed by atoms with Gasteiger partial charge in [-0.05, 0) is 12.5 Å². The summed E-state index contributed by atoms with van der Waals surface area (Å²) in [6.07, 6.45) is 0. The second-order valence-electron chi connectivity index (χ2n) is 3.43. The number of hydrogen-bond acceptors (Lipinski definition) is 3. The maximum Gasteiger partial charge on any atom is 0.318 e. The van der Waals surface area contributed by atoms with Gasteiger partial charge >= 0.3 is 6.03 Å². The van der Waals surface area contributed by atoms with Gasteiger partial charge in [0.05, 0.1) is 6.54 Å². The zero-order valence-corrected chi connectivity index (χ0v) is 9.07. The van der Waals surface area contributed by atoms with Gasteiger partial charge in [-0.25, -0.2) is 4.79 Å². The summed E-state index contributed by atoms with van der Waals surface area (Å²) in [5.41, 5.74) is 5.89. The molecule has 5 nitrogen and oxygen atoms in total. The van der Waals surface area contributed by atoms with Crippen molar-refractivity contribution in [3.8, 4) is 0 Å². The van der Waals surface area contributed by atoms with Crippen molar-refractivity contribution in [3.63, 3.8) is 0 Å². The molecule has 16 heavy (non-hydrogen) atoms. The fourth-order valence-corrected chi connectivity index (χ4v) is 1.29. The highest BCUT2D eigenvalue weighted by Gasteiger charge is 2.07. The number of nitrogens with two attached hydrogens (primary N) is 1. The number of imide groups is 1. The molecule has 0 heterocycles. The molecule has 86 valence electrons. The highest BCUT2D eigenvalue weighted by molar-refractivity contribution is 5.94. The minimum absolute atomic E-state index is 0.0415. The van der Waals surface area contributed by atoms with Gasteiger partial charge in [0, 0.05) is 6.04 Å². The molecule has 0 bridgehead atoms. The van der Waals surface area contributed by atoms with Gasteiger partial charge in [-0.3, -0.25) is 10.1 Å². The van der Waals surface area contributed by atoms with Crippen LogP contribution in [0.1, 0.15) is 18.5 Å². The average molecular weight is 221 g/mol. The van der Waals surface area contributed by atoms with Crippen molar-refractivity contribution in [3.05, 3.63) is 35.9 Å². The van der Waals surface area contributed by atoms with Crippen LogP contribution in [0, 0.1) is 0 Å². The van der Waals surface area contributed by atoms with Crippen LogP contribution in [-0.4, -0.2) is 18.5 Å². The summed E-state index contributed by atoms with van der Waals surface area (Å²) in [4.78, 5) is 21.5. The third-order valence-corrected chi connectivity index (χ3v) is 2.13. The largest absolute Gasteiger partial charge is 0.351 e. The number of amides is 3. The first-order valence-electron chi connectivity index (χ1n) is 4.97. The van der Waals surface area contributed by atoms with Crippen molar-refractivity contribution in [1.29, 1.82) is 0 Å². The molecule has 3 amide bonds. The smallest absolute Gasteiger partial charge is 0.318 e. The maximum atomic E-state index is 11.1. The summed E-state index contributed by atoms with van der Waals surface area (Å²) in [5, 5.41) is 4.97. The predicted molar refractivity (Wildman–Crippen MR) is 60.6 cm³/mol. The molecule has 1 aromatic rings. The molecule has 0 spiro atoms. The highest BCUT2D eigenvalue weighted by atomic mass is 16.2. The van der Waals surface area contributed by atoms with E-state index >= 15 is 0 Å². The molecule has 4 N–H and O–H groups in total. The van der Waals surface area contributed by atoms with E-state index < -0.39 is 11.9 Å². The number of carbonyl (C=O) groups is 2. The zero-order valence-electron chi connectivity index (χ0n) is 9.07. The minimum Gasteiger partial charge on any atom is -0.351 e. The molecule has 0 saturated carbocycles. The second kappa shape index (κ2) is 5.87. The molecule has 0 aliphatic carbocycles. The standard InChI is InChI=1S/C11H15N3O2/c1-8(9-5-3-2-4-6-9)13-7-10(15)14-11(12)16/h2-6,8,13H,7H2,1H3,(H3,12,14,15,16)/t8-/m1/s1. The van der Waals surface area contributed by atoms with Gasteiger partial charge in [0.1, 0.15) is 0 Å². The third kappa shape index (κ3) is 4.10. The van der Waals surface area contributed by atoms with E-state index in [9.17, 15) is 9.59 Å². The van der Waals surface area contributed by atoms with Gasteiger partial charge < -0.3 is 11.1 Å². The fourth-order valence-electron chi connectivity index (χ4n) is 1.29. The van der Waals surface area contributed by atoms with Crippen LogP contribution in [0.5, 0.6) is 0 Å². The fraction of sp³-hybridized carbons (Fsp3) is 0.273. The summed E-state index contributed by atoms with van der Waals surface area (Å²) in [6.45, 7) is 1.99. The Bertz CT molecular complexity index is 365. The maximum absolute atomic E-state index is 11.1. The van der Waals surface area contributed by atoms with Crippen LogP contribution < -0.4 is 16.4 Å². The van der Waals surface area contributed by atoms with Gasteiger partial charge in [-0.2, -0.15) is 0 Å². The van der Waals surface area contributed by atoms with Crippen molar-refractivity contribution in [2.45, 2.75) is 13.0 Å². The number of carbonyl (C=O) groups excluding carboxylic acids is 2. The van der Waals surface area contributed by atoms with Crippen LogP contribution in [0.3, 0.4) is 0 Å². The van der Waals surface area contributed by atoms with E-state index in [4.69, 9.17) is 5.73 Å². The summed E-state index contributed by atoms with van der Waals surface area (Å²) >= 11 is 0. The summed E-state index contributed by atoms with van der Waals surface area (Å²) < 4.78 is 0. The van der Waals surface area contributed by atoms with Crippen molar-refractivity contribution in [1.82, 2.24) is 10.6 Å². The van der Waals surface area contributed by atoms with E-state index in [0.29, 0.717) is 0 Å². The second-order valence-corrected chi connectivity index (χ2v) is 3.43. The van der Waals surface area contributed by atoms with Crippen LogP contribution in [0.2, 0.25) is 0 Å². The lowest BCUT2D eigenvalue weighted by Crippen LogP contribution is -2.41. The van der Waals surface area contributed by atoms with E-state index in [1.54, 1.807) is 0 Å². The van der Waals surface area contributed by atoms with Crippen LogP contribution in [0.25, 0.3) is 0 Å². The molecule has 0 aliphatic rings. The quantitative estimate of drug-likeness (QED) is 0.693. The summed E-state index contributed by atoms with van der Waals surface area (Å²) in [7, 11) is 0. The summed E-state index contributed by atoms with van der Waals surface area (Å²) in [6, 6.07) is 8.91. The van der Waals surface area contributed by atoms with Gasteiger partial charge in [0.15, 0.2) is 0 Å². The van der Waals surface area contributed by atoms with Gasteiger partial charge in [-0.1, -0.05) is 30.3 Å². The average Bonchev–Trinajstić information content (AvgIpc) is 2.26. The van der Waals surface area contributed by atoms with Crippen LogP contribution in [0.15, 0.2) is 30.3 Å². The van der Waals surface area contributed by atoms with Crippen LogP contribution in [-0.2, 0) is 4.79 Å². The van der Waals surface area contributed by atoms with E-state index in [0.717, 1.165) is 5.56 Å². The molecule has 0 unspecified atom stereocenters. The Balaban J connectivity index is 2.39. The Morgan fingerprint density at radius 3 is 2.50 bits per heavy atom. The van der Waals surface area contributed by atoms with E-state index in [-0.39, 0.29) is 12.6 Å². The van der Waals surface area contributed by atoms with E-state index in [1.165, 1.54) is 0 Å². The summed E-state index contributed by atoms with van der Waals surface area (Å²) in [5.74, 6) is -0.435. The molecular formula is C11H15N3O2. The molecule has 0 saturated heterocycles. The number of benzene rings is 1. The predicted octanol–water partition coefficient (Wildman–Crippen LogP) is 0.532. The first kappa shape index (κ1) is 12.2. The molecule has 1 rings (SSSR count). The Hall–Kier alpha value is -1.88. The molecule has 0 aliphatic heterocycles. The lowest BCUT2D eigenvalue weighted by molar-refractivity contribution is -0.119. The number of rotatable bonds is 4. The molecule has 0 aromatic heterocycles. The number of primary amides is 1. The molecular weight excluding hydrogens is 206 g/mol. The third-order valence-electron chi connectivity index (χ3n) is 2.13. The van der Waals surface area contributed by atoms with Crippen molar-refractivity contribution < 1.29 is 9.59 Å². The van der Waals surface area contributed by atoms with Gasteiger partial charge in [-0.15, -0.1) is 0 Å². The van der Waals surface area contributed by atoms with Crippen LogP contribution >= 0.6 is 0 Å². The van der Waals surface area contributed by atoms with Crippen molar-refractivity contribution in [2.24, 2.45) is 5.73 Å². The van der Waals surface area contributed by atoms with E-state index in [2.05, 4.69) is 5.32 Å². The molecule has 1 aromatic carbocycles. The minimum atomic E-state index is -0.834. The lowest BCUT2D eigenvalue weighted by Gasteiger charge is -2.13. The Morgan fingerprint density at radius 2 is 1.94 bits per heavy atom. The molecule has 0 radical (unpaired) electrons. The SMILES string of the molecule is C[C@@H](NCC(=O)NC(N)=O)c1ccccc1. The lowest BCUT2D eigenvalue weighted by atomic mass is 10.1. The van der Waals surface area contributed by atoms with Crippen molar-refractivity contribution in [2.75, 3.05) is 6.54 Å². The molecule has 5 heteroatoms. The van der Waals surface area contributed by atoms with Crippen LogP contribution in [0.4, 0.5) is 4.79 Å². The highest BCUT2D eigenvalue weighted by Crippen LogP contribution is 2.10. The Morgan fingerprint density at radius 1 is 1.31 bits per heavy atom. The topological polar surface area (TPSA) is 84.2 Å². The number of urea groups is 1. The number of hydrogen-bond donors (Lipinski definition) is 3. The molecule has 1 atom stereocenters. The first-order chi connectivity index (χ1) is 7.59. The Labute approximate surface area is 94.0 Å². The first-order valence-corrected chi connectivity index (χ1v) is 4.97. The number of nitrogens with one attached hydrogen (secondary N) is 2. The van der Waals surface area contributed by atoms with Gasteiger partial charge in [0.25, 0.3) is 0 Å². The van der Waals surface area contributed by atoms with E-state index in [1.807, 2.05) is 42.6 Å². The molecule has 0 fully saturated rings. The Kier molecular flexibility index (Phi) is 4.47. The normalized spacial score (nSPS) is 11.8. The monoisotopic (exact) mass is 221 g/mol. The zero-order chi connectivity index (χ0) is 12.0. The van der Waals surface area contributed by atoms with Crippen molar-refractivity contribution >= 4 is 11.9 Å².